The van der Waals surface area contributed by atoms with Crippen molar-refractivity contribution < 1.29 is 24.5 Å². The number of nitrogens with zero attached hydrogens (tertiary/aromatic N) is 4. The Hall–Kier alpha value is -4.02. The van der Waals surface area contributed by atoms with Gasteiger partial charge in [0.25, 0.3) is 5.91 Å². The maximum atomic E-state index is 12.8. The van der Waals surface area contributed by atoms with Gasteiger partial charge in [-0.3, -0.25) is 14.4 Å². The molecule has 1 unspecified atom stereocenters. The Kier molecular flexibility index (Phi) is 6.77. The van der Waals surface area contributed by atoms with Gasteiger partial charge in [-0.2, -0.15) is 0 Å². The second-order valence-corrected chi connectivity index (χ2v) is 9.27. The molecule has 37 heavy (non-hydrogen) atoms. The molecule has 2 aromatic carbocycles. The number of cyclic esters (lactones) is 1. The smallest absolute Gasteiger partial charge is 0.414 e. The molecule has 0 bridgehead atoms. The lowest BCUT2D eigenvalue weighted by atomic mass is 9.82. The number of aliphatic hydroxyl groups is 2. The molecule has 2 aliphatic rings. The van der Waals surface area contributed by atoms with Gasteiger partial charge in [-0.15, -0.1) is 5.10 Å². The summed E-state index contributed by atoms with van der Waals surface area (Å²) in [6, 6.07) is 14.8. The quantitative estimate of drug-likeness (QED) is 0.383. The molecule has 10 heteroatoms. The first-order valence-electron chi connectivity index (χ1n) is 12.3. The molecular weight excluding hydrogens is 474 g/mol. The van der Waals surface area contributed by atoms with Gasteiger partial charge >= 0.3 is 6.09 Å². The fraction of sp³-hybridized carbons (Fsp3) is 0.333. The van der Waals surface area contributed by atoms with E-state index in [1.807, 2.05) is 48.7 Å². The summed E-state index contributed by atoms with van der Waals surface area (Å²) >= 11 is 0. The van der Waals surface area contributed by atoms with Crippen LogP contribution in [-0.2, 0) is 21.7 Å². The van der Waals surface area contributed by atoms with Crippen molar-refractivity contribution in [2.24, 2.45) is 5.92 Å². The van der Waals surface area contributed by atoms with Crippen LogP contribution in [0.4, 0.5) is 16.2 Å². The third-order valence-corrected chi connectivity index (χ3v) is 6.99. The molecule has 5 rings (SSSR count). The molecule has 1 fully saturated rings. The normalized spacial score (nSPS) is 20.7. The van der Waals surface area contributed by atoms with Crippen LogP contribution in [0.25, 0.3) is 0 Å². The number of hydrogen-bond donors (Lipinski definition) is 3. The highest BCUT2D eigenvalue weighted by Gasteiger charge is 2.49. The summed E-state index contributed by atoms with van der Waals surface area (Å²) in [6.07, 6.45) is 5.69. The van der Waals surface area contributed by atoms with Crippen molar-refractivity contribution in [2.45, 2.75) is 31.4 Å². The van der Waals surface area contributed by atoms with Crippen molar-refractivity contribution in [3.8, 4) is 0 Å². The minimum atomic E-state index is -1.77. The largest absolute Gasteiger partial charge is 0.447 e. The van der Waals surface area contributed by atoms with Gasteiger partial charge in [0.05, 0.1) is 24.8 Å². The number of aryl methyl sites for hydroxylation is 1. The van der Waals surface area contributed by atoms with Crippen LogP contribution in [0.3, 0.4) is 0 Å². The van der Waals surface area contributed by atoms with E-state index in [1.165, 1.54) is 4.90 Å². The van der Waals surface area contributed by atoms with Crippen LogP contribution < -0.4 is 10.2 Å². The maximum absolute atomic E-state index is 12.8. The average Bonchev–Trinajstić information content (AvgIpc) is 3.62. The van der Waals surface area contributed by atoms with E-state index in [9.17, 15) is 19.8 Å². The van der Waals surface area contributed by atoms with Crippen LogP contribution in [-0.4, -0.2) is 57.0 Å². The zero-order valence-electron chi connectivity index (χ0n) is 20.4. The van der Waals surface area contributed by atoms with E-state index in [1.54, 1.807) is 29.8 Å². The van der Waals surface area contributed by atoms with Crippen molar-refractivity contribution in [1.29, 1.82) is 0 Å². The molecular formula is C27H29N5O5. The third-order valence-electron chi connectivity index (χ3n) is 6.99. The van der Waals surface area contributed by atoms with E-state index in [0.717, 1.165) is 5.56 Å². The lowest BCUT2D eigenvalue weighted by molar-refractivity contribution is -0.137. The molecule has 1 aromatic heterocycles. The highest BCUT2D eigenvalue weighted by atomic mass is 16.6. The van der Waals surface area contributed by atoms with Gasteiger partial charge in [-0.25, -0.2) is 4.79 Å². The molecule has 0 saturated carbocycles. The van der Waals surface area contributed by atoms with Crippen molar-refractivity contribution in [1.82, 2.24) is 15.0 Å². The number of carbonyl (C=O) groups is 2. The number of ether oxygens (including phenoxy) is 1. The average molecular weight is 504 g/mol. The van der Waals surface area contributed by atoms with Gasteiger partial charge in [0, 0.05) is 35.6 Å². The number of fused-ring (bicyclic) bond motifs is 1. The highest BCUT2D eigenvalue weighted by molar-refractivity contribution is 6.06. The molecule has 0 radical (unpaired) electrons. The van der Waals surface area contributed by atoms with Gasteiger partial charge < -0.3 is 20.3 Å². The Labute approximate surface area is 214 Å². The van der Waals surface area contributed by atoms with Crippen molar-refractivity contribution in [3.63, 3.8) is 0 Å². The molecule has 0 spiro atoms. The number of allylic oxidation sites excluding steroid dienone is 1. The van der Waals surface area contributed by atoms with Crippen molar-refractivity contribution >= 4 is 23.4 Å². The molecule has 2 aliphatic heterocycles. The summed E-state index contributed by atoms with van der Waals surface area (Å²) in [5.74, 6) is -1.27. The zero-order valence-corrected chi connectivity index (χ0v) is 20.4. The van der Waals surface area contributed by atoms with Crippen LogP contribution in [0.2, 0.25) is 0 Å². The number of aliphatic hydroxyl groups excluding tert-OH is 1. The molecule has 3 heterocycles. The lowest BCUT2D eigenvalue weighted by Gasteiger charge is -2.27. The predicted molar refractivity (Wildman–Crippen MR) is 136 cm³/mol. The van der Waals surface area contributed by atoms with Crippen LogP contribution in [0.5, 0.6) is 0 Å². The van der Waals surface area contributed by atoms with E-state index >= 15 is 0 Å². The molecule has 0 aliphatic carbocycles. The molecule has 2 amide bonds. The van der Waals surface area contributed by atoms with Gasteiger partial charge in [-0.05, 0) is 30.2 Å². The number of nitrogens with one attached hydrogen (secondary N) is 1. The zero-order chi connectivity index (χ0) is 26.0. The Bertz CT molecular complexity index is 1320. The van der Waals surface area contributed by atoms with Crippen LogP contribution in [0, 0.1) is 5.92 Å². The molecule has 1 saturated heterocycles. The number of benzene rings is 2. The lowest BCUT2D eigenvalue weighted by Crippen LogP contribution is -2.39. The van der Waals surface area contributed by atoms with Gasteiger partial charge in [0.15, 0.2) is 5.60 Å². The maximum Gasteiger partial charge on any atom is 0.414 e. The second-order valence-electron chi connectivity index (χ2n) is 9.27. The van der Waals surface area contributed by atoms with Crippen LogP contribution in [0.1, 0.15) is 36.1 Å². The molecule has 192 valence electrons. The van der Waals surface area contributed by atoms with Crippen molar-refractivity contribution in [3.05, 3.63) is 83.7 Å². The fourth-order valence-electron chi connectivity index (χ4n) is 4.83. The van der Waals surface area contributed by atoms with E-state index in [-0.39, 0.29) is 12.5 Å². The molecule has 3 atom stereocenters. The van der Waals surface area contributed by atoms with E-state index in [0.29, 0.717) is 48.7 Å². The first-order chi connectivity index (χ1) is 17.9. The molecule has 3 aromatic rings. The second kappa shape index (κ2) is 10.2. The number of amides is 2. The van der Waals surface area contributed by atoms with E-state index < -0.39 is 23.5 Å². The summed E-state index contributed by atoms with van der Waals surface area (Å²) < 4.78 is 6.72. The molecule has 10 nitrogen and oxygen atoms in total. The van der Waals surface area contributed by atoms with Crippen LogP contribution >= 0.6 is 0 Å². The van der Waals surface area contributed by atoms with Crippen molar-refractivity contribution in [2.75, 3.05) is 30.0 Å². The molecule has 3 N–H and O–H groups in total. The standard InChI is InChI=1S/C27H29N5O5/c1-18(7-5-6-12-31-16-24(29-30-31)21(17-33)19-8-3-2-4-9-19)27(36)22-15-20(32-13-14-37-26(32)35)10-11-23(22)28-25(27)34/h2-5,7-11,15-16,18,21,33,36H,6,12-14,17H2,1H3,(H,28,34)/b7-5+/t18-,21?,27+/m1/s1. The Morgan fingerprint density at radius 1 is 1.22 bits per heavy atom. The first-order valence-corrected chi connectivity index (χ1v) is 12.3. The monoisotopic (exact) mass is 503 g/mol. The van der Waals surface area contributed by atoms with E-state index in [2.05, 4.69) is 15.6 Å². The minimum absolute atomic E-state index is 0.0666. The van der Waals surface area contributed by atoms with Crippen LogP contribution in [0.15, 0.2) is 66.9 Å². The topological polar surface area (TPSA) is 130 Å². The number of aromatic nitrogens is 3. The minimum Gasteiger partial charge on any atom is -0.447 e. The summed E-state index contributed by atoms with van der Waals surface area (Å²) in [5.41, 5.74) is 1.43. The van der Waals surface area contributed by atoms with Gasteiger partial charge in [0.1, 0.15) is 6.61 Å². The number of anilines is 2. The first kappa shape index (κ1) is 24.7. The summed E-state index contributed by atoms with van der Waals surface area (Å²) in [4.78, 5) is 26.3. The van der Waals surface area contributed by atoms with Gasteiger partial charge in [0.2, 0.25) is 0 Å². The summed E-state index contributed by atoms with van der Waals surface area (Å²) in [5, 5.41) is 32.5. The van der Waals surface area contributed by atoms with E-state index in [4.69, 9.17) is 4.74 Å². The summed E-state index contributed by atoms with van der Waals surface area (Å²) in [6.45, 7) is 2.98. The number of carbonyl (C=O) groups excluding carboxylic acids is 2. The predicted octanol–water partition coefficient (Wildman–Crippen LogP) is 2.78. The number of hydrogen-bond acceptors (Lipinski definition) is 7. The highest BCUT2D eigenvalue weighted by Crippen LogP contribution is 2.43. The summed E-state index contributed by atoms with van der Waals surface area (Å²) in [7, 11) is 0. The SMILES string of the molecule is C[C@H](/C=C/CCn1cc(C(CO)c2ccccc2)nn1)[C@@]1(O)C(=O)Nc2ccc(N3CCOC3=O)cc21. The Morgan fingerprint density at radius 2 is 2.03 bits per heavy atom. The Balaban J connectivity index is 1.25. The Morgan fingerprint density at radius 3 is 2.76 bits per heavy atom. The third kappa shape index (κ3) is 4.61. The van der Waals surface area contributed by atoms with Gasteiger partial charge in [-0.1, -0.05) is 54.6 Å². The number of rotatable bonds is 9. The fourth-order valence-corrected chi connectivity index (χ4v) is 4.83.